The zero-order valence-corrected chi connectivity index (χ0v) is 9.09. The molecule has 0 saturated heterocycles. The van der Waals surface area contributed by atoms with Crippen molar-refractivity contribution in [1.82, 2.24) is 4.98 Å². The number of anilines is 1. The molecule has 0 bridgehead atoms. The Morgan fingerprint density at radius 1 is 1.12 bits per heavy atom. The van der Waals surface area contributed by atoms with Gasteiger partial charge >= 0.3 is 0 Å². The molecule has 0 saturated carbocycles. The summed E-state index contributed by atoms with van der Waals surface area (Å²) in [5.41, 5.74) is 2.26. The topological polar surface area (TPSA) is 37.3 Å². The third kappa shape index (κ3) is 2.92. The molecule has 0 spiro atoms. The summed E-state index contributed by atoms with van der Waals surface area (Å²) >= 11 is 0. The molecule has 0 aliphatic carbocycles. The van der Waals surface area contributed by atoms with Gasteiger partial charge in [0.25, 0.3) is 0 Å². The maximum Gasteiger partial charge on any atom is 0.153 e. The van der Waals surface area contributed by atoms with Crippen molar-refractivity contribution >= 4 is 17.8 Å². The molecule has 0 atom stereocenters. The van der Waals surface area contributed by atoms with Crippen LogP contribution in [0.25, 0.3) is 0 Å². The van der Waals surface area contributed by atoms with E-state index in [1.165, 1.54) is 5.56 Å². The van der Waals surface area contributed by atoms with Crippen LogP contribution in [0.15, 0.2) is 53.7 Å². The number of aliphatic imine (C=N–C) groups is 1. The van der Waals surface area contributed by atoms with Crippen LogP contribution in [0.4, 0.5) is 11.5 Å². The number of nitrogens with zero attached hydrogens (tertiary/aromatic N) is 2. The van der Waals surface area contributed by atoms with E-state index in [0.717, 1.165) is 5.69 Å². The van der Waals surface area contributed by atoms with E-state index in [1.54, 1.807) is 12.5 Å². The lowest BCUT2D eigenvalue weighted by Gasteiger charge is -1.99. The number of pyridine rings is 1. The molecule has 80 valence electrons. The first-order chi connectivity index (χ1) is 7.84. The molecular formula is C13H13N3. The van der Waals surface area contributed by atoms with Gasteiger partial charge in [0.2, 0.25) is 0 Å². The minimum absolute atomic E-state index is 0.696. The molecule has 0 aliphatic rings. The second-order valence-electron chi connectivity index (χ2n) is 3.46. The molecule has 16 heavy (non-hydrogen) atoms. The van der Waals surface area contributed by atoms with Crippen molar-refractivity contribution in [1.29, 1.82) is 0 Å². The Bertz CT molecular complexity index is 460. The quantitative estimate of drug-likeness (QED) is 0.625. The Morgan fingerprint density at radius 2 is 1.94 bits per heavy atom. The van der Waals surface area contributed by atoms with Crippen LogP contribution in [0.3, 0.4) is 0 Å². The van der Waals surface area contributed by atoms with Gasteiger partial charge in [0.15, 0.2) is 5.82 Å². The largest absolute Gasteiger partial charge is 0.346 e. The molecule has 0 radical (unpaired) electrons. The molecule has 3 nitrogen and oxygen atoms in total. The van der Waals surface area contributed by atoms with Gasteiger partial charge in [0.05, 0.1) is 6.34 Å². The van der Waals surface area contributed by atoms with Gasteiger partial charge in [-0.15, -0.1) is 0 Å². The predicted octanol–water partition coefficient (Wildman–Crippen LogP) is 3.16. The first kappa shape index (κ1) is 10.4. The highest BCUT2D eigenvalue weighted by Crippen LogP contribution is 2.08. The summed E-state index contributed by atoms with van der Waals surface area (Å²) in [6.45, 7) is 2.06. The third-order valence-electron chi connectivity index (χ3n) is 2.13. The van der Waals surface area contributed by atoms with Crippen LogP contribution in [0.5, 0.6) is 0 Å². The van der Waals surface area contributed by atoms with Crippen molar-refractivity contribution in [3.8, 4) is 0 Å². The SMILES string of the molecule is Cc1ccc(N/C=N/c2ccccn2)cc1. The first-order valence-corrected chi connectivity index (χ1v) is 5.11. The van der Waals surface area contributed by atoms with Gasteiger partial charge in [-0.25, -0.2) is 9.98 Å². The number of aromatic nitrogens is 1. The van der Waals surface area contributed by atoms with Crippen LogP contribution in [-0.2, 0) is 0 Å². The number of hydrogen-bond donors (Lipinski definition) is 1. The molecule has 1 N–H and O–H groups in total. The van der Waals surface area contributed by atoms with E-state index in [1.807, 2.05) is 30.3 Å². The van der Waals surface area contributed by atoms with Crippen molar-refractivity contribution in [2.75, 3.05) is 5.32 Å². The maximum absolute atomic E-state index is 4.18. The van der Waals surface area contributed by atoms with Gasteiger partial charge in [0, 0.05) is 11.9 Å². The summed E-state index contributed by atoms with van der Waals surface area (Å²) in [5.74, 6) is 0.696. The fourth-order valence-electron chi connectivity index (χ4n) is 1.25. The van der Waals surface area contributed by atoms with Gasteiger partial charge in [0.1, 0.15) is 0 Å². The molecule has 1 aromatic heterocycles. The summed E-state index contributed by atoms with van der Waals surface area (Å²) in [5, 5.41) is 3.09. The number of hydrogen-bond acceptors (Lipinski definition) is 2. The molecule has 1 heterocycles. The monoisotopic (exact) mass is 211 g/mol. The molecule has 2 aromatic rings. The molecule has 0 fully saturated rings. The lowest BCUT2D eigenvalue weighted by Crippen LogP contribution is -1.93. The minimum Gasteiger partial charge on any atom is -0.346 e. The van der Waals surface area contributed by atoms with E-state index in [4.69, 9.17) is 0 Å². The lowest BCUT2D eigenvalue weighted by molar-refractivity contribution is 1.28. The second-order valence-corrected chi connectivity index (χ2v) is 3.46. The fourth-order valence-corrected chi connectivity index (χ4v) is 1.25. The van der Waals surface area contributed by atoms with Crippen molar-refractivity contribution in [2.45, 2.75) is 6.92 Å². The second kappa shape index (κ2) is 5.07. The molecule has 0 amide bonds. The Labute approximate surface area is 94.9 Å². The Hall–Kier alpha value is -2.16. The van der Waals surface area contributed by atoms with Gasteiger partial charge in [-0.2, -0.15) is 0 Å². The van der Waals surface area contributed by atoms with E-state index in [2.05, 4.69) is 34.3 Å². The van der Waals surface area contributed by atoms with Gasteiger partial charge in [-0.1, -0.05) is 23.8 Å². The molecular weight excluding hydrogens is 198 g/mol. The molecule has 1 aromatic carbocycles. The highest BCUT2D eigenvalue weighted by Gasteiger charge is 1.88. The van der Waals surface area contributed by atoms with Crippen LogP contribution in [0, 0.1) is 6.92 Å². The van der Waals surface area contributed by atoms with Crippen molar-refractivity contribution in [3.05, 3.63) is 54.2 Å². The zero-order valence-electron chi connectivity index (χ0n) is 9.09. The van der Waals surface area contributed by atoms with Gasteiger partial charge in [-0.3, -0.25) is 0 Å². The summed E-state index contributed by atoms with van der Waals surface area (Å²) < 4.78 is 0. The van der Waals surface area contributed by atoms with E-state index in [0.29, 0.717) is 5.82 Å². The average molecular weight is 211 g/mol. The van der Waals surface area contributed by atoms with Crippen LogP contribution in [-0.4, -0.2) is 11.3 Å². The summed E-state index contributed by atoms with van der Waals surface area (Å²) in [6, 6.07) is 13.8. The predicted molar refractivity (Wildman–Crippen MR) is 67.2 cm³/mol. The lowest BCUT2D eigenvalue weighted by atomic mass is 10.2. The van der Waals surface area contributed by atoms with Gasteiger partial charge in [-0.05, 0) is 31.2 Å². The first-order valence-electron chi connectivity index (χ1n) is 5.11. The third-order valence-corrected chi connectivity index (χ3v) is 2.13. The molecule has 2 rings (SSSR count). The van der Waals surface area contributed by atoms with Crippen molar-refractivity contribution in [2.24, 2.45) is 4.99 Å². The smallest absolute Gasteiger partial charge is 0.153 e. The molecule has 3 heteroatoms. The van der Waals surface area contributed by atoms with E-state index >= 15 is 0 Å². The van der Waals surface area contributed by atoms with Crippen molar-refractivity contribution < 1.29 is 0 Å². The van der Waals surface area contributed by atoms with E-state index in [9.17, 15) is 0 Å². The minimum atomic E-state index is 0.696. The van der Waals surface area contributed by atoms with Crippen LogP contribution in [0.1, 0.15) is 5.56 Å². The van der Waals surface area contributed by atoms with E-state index in [-0.39, 0.29) is 0 Å². The summed E-state index contributed by atoms with van der Waals surface area (Å²) in [7, 11) is 0. The maximum atomic E-state index is 4.18. The Kier molecular flexibility index (Phi) is 3.28. The van der Waals surface area contributed by atoms with Crippen LogP contribution >= 0.6 is 0 Å². The normalized spacial score (nSPS) is 10.6. The number of nitrogens with one attached hydrogen (secondary N) is 1. The fraction of sp³-hybridized carbons (Fsp3) is 0.0769. The van der Waals surface area contributed by atoms with Crippen LogP contribution < -0.4 is 5.32 Å². The summed E-state index contributed by atoms with van der Waals surface area (Å²) in [6.07, 6.45) is 3.37. The number of benzene rings is 1. The Balaban J connectivity index is 1.97. The van der Waals surface area contributed by atoms with Crippen LogP contribution in [0.2, 0.25) is 0 Å². The van der Waals surface area contributed by atoms with E-state index < -0.39 is 0 Å². The zero-order chi connectivity index (χ0) is 11.2. The number of rotatable bonds is 3. The standard InChI is InChI=1S/C13H13N3/c1-11-5-7-12(8-6-11)15-10-16-13-4-2-3-9-14-13/h2-10H,1H3,(H,14,15,16). The average Bonchev–Trinajstić information content (AvgIpc) is 2.33. The highest BCUT2D eigenvalue weighted by atomic mass is 15.0. The molecule has 0 aliphatic heterocycles. The van der Waals surface area contributed by atoms with Crippen molar-refractivity contribution in [3.63, 3.8) is 0 Å². The number of aryl methyl sites for hydroxylation is 1. The molecule has 0 unspecified atom stereocenters. The summed E-state index contributed by atoms with van der Waals surface area (Å²) in [4.78, 5) is 8.26. The van der Waals surface area contributed by atoms with Gasteiger partial charge < -0.3 is 5.32 Å². The highest BCUT2D eigenvalue weighted by molar-refractivity contribution is 5.77. The Morgan fingerprint density at radius 3 is 2.62 bits per heavy atom.